The second-order valence-corrected chi connectivity index (χ2v) is 7.01. The maximum Gasteiger partial charge on any atom is 0.249 e. The van der Waals surface area contributed by atoms with E-state index in [1.54, 1.807) is 37.3 Å². The molecule has 3 rings (SSSR count). The van der Waals surface area contributed by atoms with E-state index < -0.39 is 17.0 Å². The number of fused-ring (bicyclic) bond motifs is 1. The van der Waals surface area contributed by atoms with Crippen molar-refractivity contribution in [3.63, 3.8) is 0 Å². The lowest BCUT2D eigenvalue weighted by atomic mass is 10.1. The molecule has 132 valence electrons. The average molecular weight is 369 g/mol. The fourth-order valence-electron chi connectivity index (χ4n) is 2.46. The Morgan fingerprint density at radius 3 is 2.65 bits per heavy atom. The zero-order valence-electron chi connectivity index (χ0n) is 13.9. The predicted octanol–water partition coefficient (Wildman–Crippen LogP) is 3.59. The van der Waals surface area contributed by atoms with Gasteiger partial charge in [0.05, 0.1) is 21.4 Å². The van der Waals surface area contributed by atoms with Gasteiger partial charge < -0.3 is 11.1 Å². The first kappa shape index (κ1) is 17.9. The normalized spacial score (nSPS) is 11.9. The molecule has 0 saturated carbocycles. The Labute approximate surface area is 153 Å². The number of pyridine rings is 1. The molecular formula is C19H16FN3O2S. The Morgan fingerprint density at radius 2 is 1.92 bits per heavy atom. The second kappa shape index (κ2) is 7.53. The molecule has 7 heteroatoms. The molecule has 2 aromatic carbocycles. The summed E-state index contributed by atoms with van der Waals surface area (Å²) in [7, 11) is 0. The summed E-state index contributed by atoms with van der Waals surface area (Å²) in [6, 6.07) is 14.4. The van der Waals surface area contributed by atoms with Gasteiger partial charge >= 0.3 is 0 Å². The third-order valence-electron chi connectivity index (χ3n) is 3.72. The van der Waals surface area contributed by atoms with E-state index in [-0.39, 0.29) is 5.91 Å². The Bertz CT molecular complexity index is 993. The van der Waals surface area contributed by atoms with Gasteiger partial charge in [0.1, 0.15) is 5.82 Å². The van der Waals surface area contributed by atoms with E-state index in [1.807, 2.05) is 6.07 Å². The maximum absolute atomic E-state index is 13.2. The van der Waals surface area contributed by atoms with Crippen molar-refractivity contribution >= 4 is 40.2 Å². The molecule has 0 radical (unpaired) electrons. The molecule has 1 heterocycles. The van der Waals surface area contributed by atoms with Crippen LogP contribution in [0.25, 0.3) is 10.9 Å². The minimum atomic E-state index is -0.553. The van der Waals surface area contributed by atoms with Crippen molar-refractivity contribution < 1.29 is 14.0 Å². The first-order valence-corrected chi connectivity index (χ1v) is 8.74. The molecule has 26 heavy (non-hydrogen) atoms. The number of thioether (sulfide) groups is 1. The van der Waals surface area contributed by atoms with E-state index in [9.17, 15) is 14.0 Å². The van der Waals surface area contributed by atoms with Crippen LogP contribution in [0, 0.1) is 5.82 Å². The molecule has 5 nitrogen and oxygen atoms in total. The van der Waals surface area contributed by atoms with Gasteiger partial charge in [-0.2, -0.15) is 0 Å². The van der Waals surface area contributed by atoms with Crippen molar-refractivity contribution in [1.29, 1.82) is 0 Å². The summed E-state index contributed by atoms with van der Waals surface area (Å²) in [6.07, 6.45) is 0. The Balaban J connectivity index is 1.81. The van der Waals surface area contributed by atoms with E-state index >= 15 is 0 Å². The molecular weight excluding hydrogens is 353 g/mol. The number of primary amides is 1. The SMILES string of the molecule is C[C@H](Sc1cc(C(N)=O)c2ccccc2n1)C(=O)Nc1cccc(F)c1. The van der Waals surface area contributed by atoms with E-state index in [1.165, 1.54) is 30.0 Å². The van der Waals surface area contributed by atoms with Gasteiger partial charge in [-0.05, 0) is 37.3 Å². The standard InChI is InChI=1S/C19H16FN3O2S/c1-11(19(25)22-13-6-4-5-12(20)9-13)26-17-10-15(18(21)24)14-7-2-3-8-16(14)23-17/h2-11H,1H3,(H2,21,24)(H,22,25)/t11-/m0/s1. The highest BCUT2D eigenvalue weighted by molar-refractivity contribution is 8.00. The van der Waals surface area contributed by atoms with E-state index in [4.69, 9.17) is 5.73 Å². The summed E-state index contributed by atoms with van der Waals surface area (Å²) in [5, 5.41) is 3.33. The highest BCUT2D eigenvalue weighted by atomic mass is 32.2. The lowest BCUT2D eigenvalue weighted by Gasteiger charge is -2.13. The summed E-state index contributed by atoms with van der Waals surface area (Å²) in [5.41, 5.74) is 6.83. The molecule has 0 aliphatic rings. The van der Waals surface area contributed by atoms with Gasteiger partial charge in [-0.15, -0.1) is 0 Å². The molecule has 0 bridgehead atoms. The molecule has 0 fully saturated rings. The number of halogens is 1. The fourth-order valence-corrected chi connectivity index (χ4v) is 3.33. The quantitative estimate of drug-likeness (QED) is 0.673. The number of nitrogens with zero attached hydrogens (tertiary/aromatic N) is 1. The number of aromatic nitrogens is 1. The Kier molecular flexibility index (Phi) is 5.18. The van der Waals surface area contributed by atoms with Crippen LogP contribution in [0.2, 0.25) is 0 Å². The number of rotatable bonds is 5. The first-order valence-electron chi connectivity index (χ1n) is 7.87. The summed E-state index contributed by atoms with van der Waals surface area (Å²) in [5.74, 6) is -1.27. The molecule has 1 aromatic heterocycles. The van der Waals surface area contributed by atoms with Crippen LogP contribution in [-0.4, -0.2) is 22.0 Å². The van der Waals surface area contributed by atoms with Gasteiger partial charge in [-0.3, -0.25) is 9.59 Å². The lowest BCUT2D eigenvalue weighted by molar-refractivity contribution is -0.115. The molecule has 2 amide bonds. The number of nitrogens with two attached hydrogens (primary N) is 1. The predicted molar refractivity (Wildman–Crippen MR) is 101 cm³/mol. The first-order chi connectivity index (χ1) is 12.4. The lowest BCUT2D eigenvalue weighted by Crippen LogP contribution is -2.22. The van der Waals surface area contributed by atoms with Crippen molar-refractivity contribution in [2.24, 2.45) is 5.73 Å². The van der Waals surface area contributed by atoms with Gasteiger partial charge in [0.25, 0.3) is 0 Å². The molecule has 0 saturated heterocycles. The zero-order valence-corrected chi connectivity index (χ0v) is 14.7. The van der Waals surface area contributed by atoms with E-state index in [0.717, 1.165) is 0 Å². The molecule has 3 N–H and O–H groups in total. The Morgan fingerprint density at radius 1 is 1.15 bits per heavy atom. The minimum absolute atomic E-state index is 0.295. The largest absolute Gasteiger partial charge is 0.366 e. The van der Waals surface area contributed by atoms with Crippen LogP contribution in [0.1, 0.15) is 17.3 Å². The van der Waals surface area contributed by atoms with Crippen LogP contribution in [0.15, 0.2) is 59.6 Å². The molecule has 1 atom stereocenters. The number of para-hydroxylation sites is 1. The van der Waals surface area contributed by atoms with E-state index in [2.05, 4.69) is 10.3 Å². The number of benzene rings is 2. The van der Waals surface area contributed by atoms with Crippen molar-refractivity contribution in [3.05, 3.63) is 66.0 Å². The molecule has 0 aliphatic heterocycles. The second-order valence-electron chi connectivity index (χ2n) is 5.65. The monoisotopic (exact) mass is 369 g/mol. The van der Waals surface area contributed by atoms with Gasteiger partial charge in [-0.25, -0.2) is 9.37 Å². The number of amides is 2. The number of anilines is 1. The van der Waals surface area contributed by atoms with Crippen molar-refractivity contribution in [2.75, 3.05) is 5.32 Å². The maximum atomic E-state index is 13.2. The zero-order chi connectivity index (χ0) is 18.7. The minimum Gasteiger partial charge on any atom is -0.366 e. The van der Waals surface area contributed by atoms with E-state index in [0.29, 0.717) is 27.2 Å². The third kappa shape index (κ3) is 4.00. The third-order valence-corrected chi connectivity index (χ3v) is 4.74. The van der Waals surface area contributed by atoms with Crippen molar-refractivity contribution in [2.45, 2.75) is 17.2 Å². The molecule has 0 unspecified atom stereocenters. The topological polar surface area (TPSA) is 85.1 Å². The van der Waals surface area contributed by atoms with Gasteiger partial charge in [-0.1, -0.05) is 36.0 Å². The number of hydrogen-bond acceptors (Lipinski definition) is 4. The summed E-state index contributed by atoms with van der Waals surface area (Å²) < 4.78 is 13.2. The van der Waals surface area contributed by atoms with Crippen LogP contribution in [0.3, 0.4) is 0 Å². The number of carbonyl (C=O) groups excluding carboxylic acids is 2. The fraction of sp³-hybridized carbons (Fsp3) is 0.105. The van der Waals surface area contributed by atoms with Crippen molar-refractivity contribution in [3.8, 4) is 0 Å². The number of nitrogens with one attached hydrogen (secondary N) is 1. The van der Waals surface area contributed by atoms with Crippen LogP contribution >= 0.6 is 11.8 Å². The van der Waals surface area contributed by atoms with Gasteiger partial charge in [0.15, 0.2) is 0 Å². The molecule has 0 spiro atoms. The molecule has 3 aromatic rings. The van der Waals surface area contributed by atoms with Crippen LogP contribution in [-0.2, 0) is 4.79 Å². The average Bonchev–Trinajstić information content (AvgIpc) is 2.60. The van der Waals surface area contributed by atoms with Crippen LogP contribution in [0.4, 0.5) is 10.1 Å². The smallest absolute Gasteiger partial charge is 0.249 e. The summed E-state index contributed by atoms with van der Waals surface area (Å²) >= 11 is 1.20. The van der Waals surface area contributed by atoms with Gasteiger partial charge in [0.2, 0.25) is 11.8 Å². The number of carbonyl (C=O) groups is 2. The summed E-state index contributed by atoms with van der Waals surface area (Å²) in [6.45, 7) is 1.71. The van der Waals surface area contributed by atoms with Crippen LogP contribution < -0.4 is 11.1 Å². The van der Waals surface area contributed by atoms with Crippen LogP contribution in [0.5, 0.6) is 0 Å². The number of hydrogen-bond donors (Lipinski definition) is 2. The summed E-state index contributed by atoms with van der Waals surface area (Å²) in [4.78, 5) is 28.5. The highest BCUT2D eigenvalue weighted by Crippen LogP contribution is 2.27. The van der Waals surface area contributed by atoms with Gasteiger partial charge in [0, 0.05) is 11.1 Å². The molecule has 0 aliphatic carbocycles. The Hall–Kier alpha value is -2.93. The highest BCUT2D eigenvalue weighted by Gasteiger charge is 2.18. The van der Waals surface area contributed by atoms with Crippen molar-refractivity contribution in [1.82, 2.24) is 4.98 Å².